The van der Waals surface area contributed by atoms with Gasteiger partial charge in [-0.3, -0.25) is 14.5 Å². The number of H-pyrrole nitrogens is 1. The van der Waals surface area contributed by atoms with E-state index in [9.17, 15) is 9.59 Å². The maximum Gasteiger partial charge on any atom is 0.258 e. The largest absolute Gasteiger partial charge is 0.492 e. The predicted molar refractivity (Wildman–Crippen MR) is 121 cm³/mol. The van der Waals surface area contributed by atoms with Crippen LogP contribution in [0.25, 0.3) is 10.9 Å². The molecule has 2 aromatic carbocycles. The minimum Gasteiger partial charge on any atom is -0.492 e. The number of carbonyl (C=O) groups excluding carboxylic acids is 1. The summed E-state index contributed by atoms with van der Waals surface area (Å²) in [5.74, 6) is 1.45. The van der Waals surface area contributed by atoms with Crippen molar-refractivity contribution in [2.75, 3.05) is 39.3 Å². The Hall–Kier alpha value is -2.90. The van der Waals surface area contributed by atoms with E-state index in [-0.39, 0.29) is 11.5 Å². The molecule has 1 aliphatic heterocycles. The molecule has 0 atom stereocenters. The first kappa shape index (κ1) is 21.3. The number of halogens is 1. The molecule has 1 aromatic heterocycles. The molecule has 1 fully saturated rings. The Morgan fingerprint density at radius 3 is 2.58 bits per heavy atom. The third-order valence-electron chi connectivity index (χ3n) is 5.45. The number of amides is 1. The Balaban J connectivity index is 1.20. The van der Waals surface area contributed by atoms with Gasteiger partial charge in [-0.15, -0.1) is 0 Å². The SMILES string of the molecule is O=C(CCc1nc2ccccc2c(=O)[nH]1)N1CCN(CCOc2ccc(Cl)cc2)CC1. The van der Waals surface area contributed by atoms with Gasteiger partial charge in [0.15, 0.2) is 0 Å². The molecule has 162 valence electrons. The highest BCUT2D eigenvalue weighted by atomic mass is 35.5. The highest BCUT2D eigenvalue weighted by Gasteiger charge is 2.21. The van der Waals surface area contributed by atoms with E-state index >= 15 is 0 Å². The Morgan fingerprint density at radius 2 is 1.81 bits per heavy atom. The van der Waals surface area contributed by atoms with Crippen molar-refractivity contribution in [3.05, 3.63) is 69.7 Å². The van der Waals surface area contributed by atoms with Crippen LogP contribution in [0.1, 0.15) is 12.2 Å². The van der Waals surface area contributed by atoms with Gasteiger partial charge in [-0.05, 0) is 36.4 Å². The second-order valence-corrected chi connectivity index (χ2v) is 7.99. The van der Waals surface area contributed by atoms with Gasteiger partial charge < -0.3 is 14.6 Å². The Labute approximate surface area is 185 Å². The standard InChI is InChI=1S/C23H25ClN4O3/c24-17-5-7-18(8-6-17)31-16-15-27-11-13-28(14-12-27)22(29)10-9-21-25-20-4-2-1-3-19(20)23(30)26-21/h1-8H,9-16H2,(H,25,26,30). The molecule has 0 aliphatic carbocycles. The van der Waals surface area contributed by atoms with Gasteiger partial charge in [-0.2, -0.15) is 0 Å². The van der Waals surface area contributed by atoms with Crippen molar-refractivity contribution in [3.8, 4) is 5.75 Å². The molecule has 7 nitrogen and oxygen atoms in total. The van der Waals surface area contributed by atoms with Crippen LogP contribution in [0.3, 0.4) is 0 Å². The van der Waals surface area contributed by atoms with E-state index in [2.05, 4.69) is 14.9 Å². The Kier molecular flexibility index (Phi) is 6.84. The lowest BCUT2D eigenvalue weighted by atomic mass is 10.2. The lowest BCUT2D eigenvalue weighted by Gasteiger charge is -2.34. The fourth-order valence-corrected chi connectivity index (χ4v) is 3.81. The normalized spacial score (nSPS) is 14.7. The van der Waals surface area contributed by atoms with Crippen molar-refractivity contribution < 1.29 is 9.53 Å². The quantitative estimate of drug-likeness (QED) is 0.611. The van der Waals surface area contributed by atoms with Crippen molar-refractivity contribution in [3.63, 3.8) is 0 Å². The van der Waals surface area contributed by atoms with Crippen LogP contribution >= 0.6 is 11.6 Å². The predicted octanol–water partition coefficient (Wildman–Crippen LogP) is 2.73. The van der Waals surface area contributed by atoms with Crippen LogP contribution in [0.15, 0.2) is 53.3 Å². The summed E-state index contributed by atoms with van der Waals surface area (Å²) in [6.07, 6.45) is 0.759. The molecule has 3 aromatic rings. The molecule has 2 heterocycles. The fourth-order valence-electron chi connectivity index (χ4n) is 3.68. The van der Waals surface area contributed by atoms with Gasteiger partial charge in [0.2, 0.25) is 5.91 Å². The molecule has 0 radical (unpaired) electrons. The first-order chi connectivity index (χ1) is 15.1. The monoisotopic (exact) mass is 440 g/mol. The summed E-state index contributed by atoms with van der Waals surface area (Å²) in [5.41, 5.74) is 0.491. The summed E-state index contributed by atoms with van der Waals surface area (Å²) in [5, 5.41) is 1.25. The minimum absolute atomic E-state index is 0.0906. The number of para-hydroxylation sites is 1. The average Bonchev–Trinajstić information content (AvgIpc) is 2.79. The molecule has 1 aliphatic rings. The van der Waals surface area contributed by atoms with Gasteiger partial charge >= 0.3 is 0 Å². The van der Waals surface area contributed by atoms with E-state index in [1.807, 2.05) is 47.4 Å². The second kappa shape index (κ2) is 9.94. The molecule has 0 unspecified atom stereocenters. The number of ether oxygens (including phenoxy) is 1. The summed E-state index contributed by atoms with van der Waals surface area (Å²) in [7, 11) is 0. The van der Waals surface area contributed by atoms with Crippen molar-refractivity contribution in [1.29, 1.82) is 0 Å². The summed E-state index contributed by atoms with van der Waals surface area (Å²) in [6, 6.07) is 14.6. The highest BCUT2D eigenvalue weighted by Crippen LogP contribution is 2.15. The molecule has 0 saturated carbocycles. The van der Waals surface area contributed by atoms with Crippen LogP contribution in [0.5, 0.6) is 5.75 Å². The molecule has 1 amide bonds. The van der Waals surface area contributed by atoms with Gasteiger partial charge in [0.1, 0.15) is 18.2 Å². The summed E-state index contributed by atoms with van der Waals surface area (Å²) in [4.78, 5) is 36.2. The highest BCUT2D eigenvalue weighted by molar-refractivity contribution is 6.30. The smallest absolute Gasteiger partial charge is 0.258 e. The zero-order chi connectivity index (χ0) is 21.6. The van der Waals surface area contributed by atoms with E-state index in [1.165, 1.54) is 0 Å². The summed E-state index contributed by atoms with van der Waals surface area (Å²) < 4.78 is 5.75. The van der Waals surface area contributed by atoms with Gasteiger partial charge in [-0.25, -0.2) is 4.98 Å². The molecule has 31 heavy (non-hydrogen) atoms. The maximum atomic E-state index is 12.6. The zero-order valence-electron chi connectivity index (χ0n) is 17.2. The van der Waals surface area contributed by atoms with Crippen LogP contribution in [0.4, 0.5) is 0 Å². The van der Waals surface area contributed by atoms with E-state index in [0.29, 0.717) is 54.3 Å². The number of rotatable bonds is 7. The van der Waals surface area contributed by atoms with Gasteiger partial charge in [0, 0.05) is 50.6 Å². The third kappa shape index (κ3) is 5.62. The number of nitrogens with zero attached hydrogens (tertiary/aromatic N) is 3. The number of hydrogen-bond donors (Lipinski definition) is 1. The van der Waals surface area contributed by atoms with Gasteiger partial charge in [-0.1, -0.05) is 23.7 Å². The second-order valence-electron chi connectivity index (χ2n) is 7.55. The number of nitrogens with one attached hydrogen (secondary N) is 1. The molecule has 1 N–H and O–H groups in total. The molecule has 1 saturated heterocycles. The zero-order valence-corrected chi connectivity index (χ0v) is 18.0. The van der Waals surface area contributed by atoms with Gasteiger partial charge in [0.05, 0.1) is 10.9 Å². The van der Waals surface area contributed by atoms with Crippen LogP contribution in [0, 0.1) is 0 Å². The van der Waals surface area contributed by atoms with Crippen LogP contribution in [-0.4, -0.2) is 65.0 Å². The van der Waals surface area contributed by atoms with E-state index in [4.69, 9.17) is 16.3 Å². The topological polar surface area (TPSA) is 78.5 Å². The Morgan fingerprint density at radius 1 is 1.06 bits per heavy atom. The number of fused-ring (bicyclic) bond motifs is 1. The molecule has 0 bridgehead atoms. The average molecular weight is 441 g/mol. The number of benzene rings is 2. The van der Waals surface area contributed by atoms with Crippen molar-refractivity contribution in [2.24, 2.45) is 0 Å². The van der Waals surface area contributed by atoms with Crippen molar-refractivity contribution >= 4 is 28.4 Å². The van der Waals surface area contributed by atoms with Crippen molar-refractivity contribution in [1.82, 2.24) is 19.8 Å². The third-order valence-corrected chi connectivity index (χ3v) is 5.70. The first-order valence-electron chi connectivity index (χ1n) is 10.4. The summed E-state index contributed by atoms with van der Waals surface area (Å²) >= 11 is 5.88. The lowest BCUT2D eigenvalue weighted by molar-refractivity contribution is -0.132. The fraction of sp³-hybridized carbons (Fsp3) is 0.348. The number of hydrogen-bond acceptors (Lipinski definition) is 5. The molecule has 4 rings (SSSR count). The van der Waals surface area contributed by atoms with E-state index in [0.717, 1.165) is 25.4 Å². The van der Waals surface area contributed by atoms with E-state index < -0.39 is 0 Å². The van der Waals surface area contributed by atoms with Crippen LogP contribution < -0.4 is 10.3 Å². The molecule has 8 heteroatoms. The number of piperazine rings is 1. The van der Waals surface area contributed by atoms with E-state index in [1.54, 1.807) is 6.07 Å². The first-order valence-corrected chi connectivity index (χ1v) is 10.8. The number of aryl methyl sites for hydroxylation is 1. The minimum atomic E-state index is -0.164. The Bertz CT molecular complexity index is 1090. The number of carbonyl (C=O) groups is 1. The van der Waals surface area contributed by atoms with Crippen molar-refractivity contribution in [2.45, 2.75) is 12.8 Å². The lowest BCUT2D eigenvalue weighted by Crippen LogP contribution is -2.49. The summed E-state index contributed by atoms with van der Waals surface area (Å²) in [6.45, 7) is 4.44. The van der Waals surface area contributed by atoms with Crippen LogP contribution in [-0.2, 0) is 11.2 Å². The molecular formula is C23H25ClN4O3. The molecule has 0 spiro atoms. The van der Waals surface area contributed by atoms with Gasteiger partial charge in [0.25, 0.3) is 5.56 Å². The van der Waals surface area contributed by atoms with Crippen LogP contribution in [0.2, 0.25) is 5.02 Å². The number of aromatic nitrogens is 2. The number of aromatic amines is 1. The maximum absolute atomic E-state index is 12.6. The molecular weight excluding hydrogens is 416 g/mol.